The van der Waals surface area contributed by atoms with Gasteiger partial charge in [-0.05, 0) is 31.6 Å². The van der Waals surface area contributed by atoms with E-state index in [1.807, 2.05) is 12.2 Å². The molecule has 0 aromatic rings. The molecule has 2 aliphatic carbocycles. The highest BCUT2D eigenvalue weighted by Gasteiger charge is 2.60. The molecule has 2 bridgehead atoms. The molecule has 108 valence electrons. The van der Waals surface area contributed by atoms with Gasteiger partial charge in [0.15, 0.2) is 0 Å². The van der Waals surface area contributed by atoms with Crippen LogP contribution < -0.4 is 0 Å². The van der Waals surface area contributed by atoms with Gasteiger partial charge in [-0.3, -0.25) is 19.3 Å². The Labute approximate surface area is 117 Å². The highest BCUT2D eigenvalue weighted by atomic mass is 16.4. The number of carbonyl (C=O) groups excluding carboxylic acids is 2. The number of nitrogens with zero attached hydrogens (tertiary/aromatic N) is 1. The highest BCUT2D eigenvalue weighted by molar-refractivity contribution is 6.06. The van der Waals surface area contributed by atoms with Crippen molar-refractivity contribution in [2.45, 2.75) is 26.7 Å². The first-order valence-corrected chi connectivity index (χ1v) is 7.16. The maximum Gasteiger partial charge on any atom is 0.311 e. The number of carboxylic acids is 1. The maximum atomic E-state index is 12.5. The number of hydrogen-bond donors (Lipinski definition) is 1. The van der Waals surface area contributed by atoms with Crippen LogP contribution in [0.2, 0.25) is 0 Å². The number of carboxylic acid groups (broad SMARTS) is 1. The van der Waals surface area contributed by atoms with Crippen LogP contribution in [0.4, 0.5) is 0 Å². The second kappa shape index (κ2) is 4.17. The summed E-state index contributed by atoms with van der Waals surface area (Å²) in [5, 5.41) is 9.32. The Bertz CT molecular complexity index is 496. The van der Waals surface area contributed by atoms with Gasteiger partial charge >= 0.3 is 5.97 Å². The number of fused-ring (bicyclic) bond motifs is 5. The van der Waals surface area contributed by atoms with Gasteiger partial charge in [0.25, 0.3) is 0 Å². The Morgan fingerprint density at radius 3 is 2.20 bits per heavy atom. The van der Waals surface area contributed by atoms with Crippen LogP contribution in [0.25, 0.3) is 0 Å². The molecule has 3 rings (SSSR count). The van der Waals surface area contributed by atoms with Crippen LogP contribution in [0.3, 0.4) is 0 Å². The van der Waals surface area contributed by atoms with Crippen molar-refractivity contribution in [3.63, 3.8) is 0 Å². The molecule has 2 amide bonds. The molecule has 1 saturated carbocycles. The average Bonchev–Trinajstić information content (AvgIpc) is 3.08. The van der Waals surface area contributed by atoms with Gasteiger partial charge < -0.3 is 5.11 Å². The summed E-state index contributed by atoms with van der Waals surface area (Å²) in [6.07, 6.45) is 5.36. The Kier molecular flexibility index (Phi) is 2.78. The normalized spacial score (nSPS) is 37.4. The summed E-state index contributed by atoms with van der Waals surface area (Å²) in [4.78, 5) is 37.6. The SMILES string of the molecule is CCC(C)(CN1C(=O)C2C3C=CC(C3)C2C1=O)C(=O)O. The molecule has 1 heterocycles. The van der Waals surface area contributed by atoms with Gasteiger partial charge in [-0.15, -0.1) is 0 Å². The average molecular weight is 277 g/mol. The van der Waals surface area contributed by atoms with Gasteiger partial charge in [0.05, 0.1) is 17.3 Å². The molecule has 2 fully saturated rings. The molecule has 5 nitrogen and oxygen atoms in total. The standard InChI is InChI=1S/C15H19NO4/c1-3-15(2,14(19)20)7-16-12(17)10-8-4-5-9(6-8)11(10)13(16)18/h4-5,8-11H,3,6-7H2,1-2H3,(H,19,20). The van der Waals surface area contributed by atoms with Crippen molar-refractivity contribution >= 4 is 17.8 Å². The third-order valence-corrected chi connectivity index (χ3v) is 5.37. The van der Waals surface area contributed by atoms with Crippen molar-refractivity contribution in [1.29, 1.82) is 0 Å². The van der Waals surface area contributed by atoms with E-state index >= 15 is 0 Å². The molecule has 0 aromatic heterocycles. The van der Waals surface area contributed by atoms with E-state index in [0.29, 0.717) is 6.42 Å². The molecular formula is C15H19NO4. The number of aliphatic carboxylic acids is 1. The number of imide groups is 1. The Morgan fingerprint density at radius 2 is 1.80 bits per heavy atom. The molecule has 1 N–H and O–H groups in total. The molecule has 20 heavy (non-hydrogen) atoms. The molecule has 0 spiro atoms. The number of amides is 2. The van der Waals surface area contributed by atoms with E-state index < -0.39 is 11.4 Å². The maximum absolute atomic E-state index is 12.5. The number of carbonyl (C=O) groups is 3. The number of likely N-dealkylation sites (tertiary alicyclic amines) is 1. The third-order valence-electron chi connectivity index (χ3n) is 5.37. The van der Waals surface area contributed by atoms with Crippen molar-refractivity contribution in [3.8, 4) is 0 Å². The zero-order chi connectivity index (χ0) is 14.7. The van der Waals surface area contributed by atoms with Gasteiger partial charge in [-0.25, -0.2) is 0 Å². The van der Waals surface area contributed by atoms with Gasteiger partial charge in [-0.2, -0.15) is 0 Å². The van der Waals surface area contributed by atoms with Gasteiger partial charge in [0.1, 0.15) is 0 Å². The fourth-order valence-corrected chi connectivity index (χ4v) is 3.80. The predicted molar refractivity (Wildman–Crippen MR) is 70.5 cm³/mol. The minimum atomic E-state index is -1.06. The minimum Gasteiger partial charge on any atom is -0.481 e. The van der Waals surface area contributed by atoms with Gasteiger partial charge in [0.2, 0.25) is 11.8 Å². The molecule has 5 atom stereocenters. The third kappa shape index (κ3) is 1.58. The van der Waals surface area contributed by atoms with Crippen molar-refractivity contribution < 1.29 is 19.5 Å². The number of allylic oxidation sites excluding steroid dienone is 2. The van der Waals surface area contributed by atoms with E-state index in [0.717, 1.165) is 6.42 Å². The van der Waals surface area contributed by atoms with Gasteiger partial charge in [-0.1, -0.05) is 19.1 Å². The van der Waals surface area contributed by atoms with Crippen LogP contribution in [-0.4, -0.2) is 34.3 Å². The van der Waals surface area contributed by atoms with E-state index in [9.17, 15) is 19.5 Å². The van der Waals surface area contributed by atoms with Crippen molar-refractivity contribution in [1.82, 2.24) is 4.90 Å². The van der Waals surface area contributed by atoms with Crippen LogP contribution in [0, 0.1) is 29.1 Å². The topological polar surface area (TPSA) is 74.7 Å². The van der Waals surface area contributed by atoms with E-state index in [-0.39, 0.29) is 42.0 Å². The summed E-state index contributed by atoms with van der Waals surface area (Å²) in [5.74, 6) is -1.44. The summed E-state index contributed by atoms with van der Waals surface area (Å²) in [7, 11) is 0. The van der Waals surface area contributed by atoms with Crippen LogP contribution in [0.5, 0.6) is 0 Å². The van der Waals surface area contributed by atoms with E-state index in [1.54, 1.807) is 13.8 Å². The highest BCUT2D eigenvalue weighted by Crippen LogP contribution is 2.52. The van der Waals surface area contributed by atoms with E-state index in [4.69, 9.17) is 0 Å². The smallest absolute Gasteiger partial charge is 0.311 e. The monoisotopic (exact) mass is 277 g/mol. The quantitative estimate of drug-likeness (QED) is 0.620. The lowest BCUT2D eigenvalue weighted by atomic mass is 9.85. The molecule has 0 aromatic carbocycles. The molecule has 0 radical (unpaired) electrons. The summed E-state index contributed by atoms with van der Waals surface area (Å²) in [6, 6.07) is 0. The lowest BCUT2D eigenvalue weighted by Gasteiger charge is -2.28. The largest absolute Gasteiger partial charge is 0.481 e. The van der Waals surface area contributed by atoms with Crippen LogP contribution >= 0.6 is 0 Å². The fraction of sp³-hybridized carbons (Fsp3) is 0.667. The summed E-state index contributed by atoms with van der Waals surface area (Å²) in [5.41, 5.74) is -1.06. The van der Waals surface area contributed by atoms with E-state index in [1.165, 1.54) is 4.90 Å². The summed E-state index contributed by atoms with van der Waals surface area (Å²) in [6.45, 7) is 3.35. The first-order chi connectivity index (χ1) is 9.39. The molecule has 1 saturated heterocycles. The Morgan fingerprint density at radius 1 is 1.30 bits per heavy atom. The lowest BCUT2D eigenvalue weighted by Crippen LogP contribution is -2.44. The van der Waals surface area contributed by atoms with Crippen molar-refractivity contribution in [2.75, 3.05) is 6.54 Å². The van der Waals surface area contributed by atoms with Gasteiger partial charge in [0, 0.05) is 6.54 Å². The predicted octanol–water partition coefficient (Wildman–Crippen LogP) is 1.29. The van der Waals surface area contributed by atoms with Crippen LogP contribution in [0.15, 0.2) is 12.2 Å². The molecule has 5 heteroatoms. The second-order valence-corrected chi connectivity index (χ2v) is 6.48. The van der Waals surface area contributed by atoms with Crippen molar-refractivity contribution in [3.05, 3.63) is 12.2 Å². The number of rotatable bonds is 4. The van der Waals surface area contributed by atoms with Crippen LogP contribution in [0.1, 0.15) is 26.7 Å². The summed E-state index contributed by atoms with van der Waals surface area (Å²) < 4.78 is 0. The zero-order valence-corrected chi connectivity index (χ0v) is 11.7. The molecular weight excluding hydrogens is 258 g/mol. The molecule has 1 aliphatic heterocycles. The molecule has 5 unspecified atom stereocenters. The first-order valence-electron chi connectivity index (χ1n) is 7.16. The second-order valence-electron chi connectivity index (χ2n) is 6.48. The van der Waals surface area contributed by atoms with E-state index in [2.05, 4.69) is 0 Å². The minimum absolute atomic E-state index is 0.0110. The summed E-state index contributed by atoms with van der Waals surface area (Å²) >= 11 is 0. The molecule has 3 aliphatic rings. The lowest BCUT2D eigenvalue weighted by molar-refractivity contribution is -0.152. The van der Waals surface area contributed by atoms with Crippen molar-refractivity contribution in [2.24, 2.45) is 29.1 Å². The Hall–Kier alpha value is -1.65. The Balaban J connectivity index is 1.85. The first kappa shape index (κ1) is 13.3. The van der Waals surface area contributed by atoms with Crippen LogP contribution in [-0.2, 0) is 14.4 Å². The zero-order valence-electron chi connectivity index (χ0n) is 11.7. The number of hydrogen-bond acceptors (Lipinski definition) is 3. The fourth-order valence-electron chi connectivity index (χ4n) is 3.80.